The van der Waals surface area contributed by atoms with Crippen molar-refractivity contribution in [1.82, 2.24) is 5.32 Å². The number of aliphatic hydroxyl groups excluding tert-OH is 2. The fourth-order valence-electron chi connectivity index (χ4n) is 0.723. The van der Waals surface area contributed by atoms with Crippen LogP contribution in [0.4, 0.5) is 0 Å². The van der Waals surface area contributed by atoms with Crippen molar-refractivity contribution < 1.29 is 10.2 Å². The van der Waals surface area contributed by atoms with Gasteiger partial charge in [0.05, 0.1) is 0 Å². The van der Waals surface area contributed by atoms with Gasteiger partial charge >= 0.3 is 0 Å². The normalized spacial score (nSPS) is 13.5. The Morgan fingerprint density at radius 3 is 2.70 bits per heavy atom. The zero-order valence-electron chi connectivity index (χ0n) is 6.51. The van der Waals surface area contributed by atoms with Gasteiger partial charge in [-0.05, 0) is 19.4 Å². The molecule has 0 bridgehead atoms. The molecule has 0 amide bonds. The van der Waals surface area contributed by atoms with Gasteiger partial charge in [0.15, 0.2) is 0 Å². The molecule has 0 radical (unpaired) electrons. The summed E-state index contributed by atoms with van der Waals surface area (Å²) < 4.78 is 0. The molecule has 0 aliphatic rings. The first-order valence-corrected chi connectivity index (χ1v) is 3.83. The van der Waals surface area contributed by atoms with E-state index in [1.165, 1.54) is 0 Å². The third kappa shape index (κ3) is 6.01. The van der Waals surface area contributed by atoms with Gasteiger partial charge in [0.1, 0.15) is 6.23 Å². The summed E-state index contributed by atoms with van der Waals surface area (Å²) in [5.74, 6) is 0. The molecule has 0 heterocycles. The Balaban J connectivity index is 2.97. The first-order chi connectivity index (χ1) is 4.81. The highest BCUT2D eigenvalue weighted by atomic mass is 16.3. The number of nitrogens with one attached hydrogen (secondary N) is 1. The van der Waals surface area contributed by atoms with Crippen LogP contribution in [-0.4, -0.2) is 29.6 Å². The van der Waals surface area contributed by atoms with Gasteiger partial charge in [0.25, 0.3) is 0 Å². The second-order valence-corrected chi connectivity index (χ2v) is 2.34. The molecule has 1 unspecified atom stereocenters. The van der Waals surface area contributed by atoms with Gasteiger partial charge in [-0.2, -0.15) is 0 Å². The molecule has 3 heteroatoms. The molecular formula is C7H17NO2. The van der Waals surface area contributed by atoms with Crippen molar-refractivity contribution in [3.05, 3.63) is 0 Å². The molecule has 3 N–H and O–H groups in total. The molecule has 0 aliphatic carbocycles. The average Bonchev–Trinajstić information content (AvgIpc) is 1.89. The highest BCUT2D eigenvalue weighted by Crippen LogP contribution is 1.91. The van der Waals surface area contributed by atoms with Crippen molar-refractivity contribution in [3.63, 3.8) is 0 Å². The van der Waals surface area contributed by atoms with Crippen LogP contribution in [0.3, 0.4) is 0 Å². The van der Waals surface area contributed by atoms with E-state index in [0.29, 0.717) is 13.0 Å². The first kappa shape index (κ1) is 9.88. The van der Waals surface area contributed by atoms with E-state index in [-0.39, 0.29) is 6.61 Å². The van der Waals surface area contributed by atoms with Crippen LogP contribution in [-0.2, 0) is 0 Å². The Labute approximate surface area is 62.1 Å². The van der Waals surface area contributed by atoms with Gasteiger partial charge in [-0.25, -0.2) is 0 Å². The summed E-state index contributed by atoms with van der Waals surface area (Å²) >= 11 is 0. The molecular weight excluding hydrogens is 130 g/mol. The second-order valence-electron chi connectivity index (χ2n) is 2.34. The molecule has 0 spiro atoms. The maximum absolute atomic E-state index is 9.08. The van der Waals surface area contributed by atoms with E-state index < -0.39 is 6.23 Å². The summed E-state index contributed by atoms with van der Waals surface area (Å²) in [7, 11) is 0. The maximum Gasteiger partial charge on any atom is 0.104 e. The summed E-state index contributed by atoms with van der Waals surface area (Å²) in [6.07, 6.45) is 2.08. The minimum absolute atomic E-state index is 0.186. The van der Waals surface area contributed by atoms with Crippen LogP contribution in [0.15, 0.2) is 0 Å². The van der Waals surface area contributed by atoms with Crippen LogP contribution in [0.5, 0.6) is 0 Å². The van der Waals surface area contributed by atoms with Crippen LogP contribution in [0.1, 0.15) is 26.2 Å². The Kier molecular flexibility index (Phi) is 6.91. The lowest BCUT2D eigenvalue weighted by atomic mass is 10.3. The zero-order valence-corrected chi connectivity index (χ0v) is 6.51. The van der Waals surface area contributed by atoms with Gasteiger partial charge in [0.2, 0.25) is 0 Å². The third-order valence-corrected chi connectivity index (χ3v) is 1.28. The predicted octanol–water partition coefficient (Wildman–Crippen LogP) is 0.0769. The van der Waals surface area contributed by atoms with Crippen LogP contribution in [0.2, 0.25) is 0 Å². The third-order valence-electron chi connectivity index (χ3n) is 1.28. The highest BCUT2D eigenvalue weighted by Gasteiger charge is 1.98. The van der Waals surface area contributed by atoms with Crippen LogP contribution in [0, 0.1) is 0 Å². The molecule has 0 aliphatic heterocycles. The molecule has 0 saturated heterocycles. The smallest absolute Gasteiger partial charge is 0.104 e. The predicted molar refractivity (Wildman–Crippen MR) is 40.6 cm³/mol. The van der Waals surface area contributed by atoms with E-state index in [9.17, 15) is 0 Å². The number of aliphatic hydroxyl groups is 2. The van der Waals surface area contributed by atoms with Gasteiger partial charge in [0, 0.05) is 6.61 Å². The molecule has 3 nitrogen and oxygen atoms in total. The summed E-state index contributed by atoms with van der Waals surface area (Å²) in [4.78, 5) is 0. The fourth-order valence-corrected chi connectivity index (χ4v) is 0.723. The Morgan fingerprint density at radius 1 is 1.50 bits per heavy atom. The Bertz CT molecular complexity index is 68.6. The second kappa shape index (κ2) is 6.99. The quantitative estimate of drug-likeness (QED) is 0.368. The molecule has 0 saturated carbocycles. The van der Waals surface area contributed by atoms with Crippen molar-refractivity contribution in [3.8, 4) is 0 Å². The van der Waals surface area contributed by atoms with E-state index in [4.69, 9.17) is 10.2 Å². The Morgan fingerprint density at radius 2 is 2.20 bits per heavy atom. The summed E-state index contributed by atoms with van der Waals surface area (Å²) in [5.41, 5.74) is 0. The molecule has 62 valence electrons. The van der Waals surface area contributed by atoms with E-state index in [0.717, 1.165) is 12.8 Å². The first-order valence-electron chi connectivity index (χ1n) is 3.83. The van der Waals surface area contributed by atoms with Gasteiger partial charge < -0.3 is 10.2 Å². The molecule has 10 heavy (non-hydrogen) atoms. The topological polar surface area (TPSA) is 52.5 Å². The van der Waals surface area contributed by atoms with Gasteiger partial charge in [-0.3, -0.25) is 5.32 Å². The van der Waals surface area contributed by atoms with Crippen molar-refractivity contribution in [2.24, 2.45) is 0 Å². The van der Waals surface area contributed by atoms with E-state index in [1.54, 1.807) is 0 Å². The molecule has 0 aromatic rings. The average molecular weight is 147 g/mol. The standard InChI is InChI=1S/C7H17NO2/c1-2-4-7(10)8-5-3-6-9/h7-10H,2-6H2,1H3. The van der Waals surface area contributed by atoms with Gasteiger partial charge in [-0.1, -0.05) is 13.3 Å². The van der Waals surface area contributed by atoms with Crippen LogP contribution >= 0.6 is 0 Å². The van der Waals surface area contributed by atoms with Crippen LogP contribution < -0.4 is 5.32 Å². The molecule has 0 aromatic heterocycles. The monoisotopic (exact) mass is 147 g/mol. The molecule has 0 fully saturated rings. The number of rotatable bonds is 6. The number of hydrogen-bond donors (Lipinski definition) is 3. The Hall–Kier alpha value is -0.120. The number of hydrogen-bond acceptors (Lipinski definition) is 3. The summed E-state index contributed by atoms with van der Waals surface area (Å²) in [5, 5.41) is 20.4. The lowest BCUT2D eigenvalue weighted by molar-refractivity contribution is 0.124. The zero-order chi connectivity index (χ0) is 7.82. The van der Waals surface area contributed by atoms with Crippen molar-refractivity contribution in [1.29, 1.82) is 0 Å². The van der Waals surface area contributed by atoms with Crippen molar-refractivity contribution in [2.45, 2.75) is 32.4 Å². The molecule has 0 aromatic carbocycles. The summed E-state index contributed by atoms with van der Waals surface area (Å²) in [6.45, 7) is 2.90. The van der Waals surface area contributed by atoms with E-state index >= 15 is 0 Å². The van der Waals surface area contributed by atoms with E-state index in [2.05, 4.69) is 5.32 Å². The van der Waals surface area contributed by atoms with Crippen LogP contribution in [0.25, 0.3) is 0 Å². The molecule has 1 atom stereocenters. The molecule has 0 rings (SSSR count). The maximum atomic E-state index is 9.08. The lowest BCUT2D eigenvalue weighted by Gasteiger charge is -2.09. The largest absolute Gasteiger partial charge is 0.396 e. The van der Waals surface area contributed by atoms with Crippen molar-refractivity contribution >= 4 is 0 Å². The lowest BCUT2D eigenvalue weighted by Crippen LogP contribution is -2.29. The highest BCUT2D eigenvalue weighted by molar-refractivity contribution is 4.51. The minimum atomic E-state index is -0.392. The van der Waals surface area contributed by atoms with Crippen molar-refractivity contribution in [2.75, 3.05) is 13.2 Å². The van der Waals surface area contributed by atoms with E-state index in [1.807, 2.05) is 6.92 Å². The SMILES string of the molecule is CCCC(O)NCCCO. The summed E-state index contributed by atoms with van der Waals surface area (Å²) in [6, 6.07) is 0. The van der Waals surface area contributed by atoms with Gasteiger partial charge in [-0.15, -0.1) is 0 Å². The fraction of sp³-hybridized carbons (Fsp3) is 1.00. The minimum Gasteiger partial charge on any atom is -0.396 e.